The molecule has 0 aromatic carbocycles. The fourth-order valence-electron chi connectivity index (χ4n) is 3.29. The minimum Gasteiger partial charge on any atom is -0.333 e. The summed E-state index contributed by atoms with van der Waals surface area (Å²) in [5.74, 6) is 0.730. The van der Waals surface area contributed by atoms with Gasteiger partial charge in [0.25, 0.3) is 0 Å². The number of hydrogen-bond donors (Lipinski definition) is 2. The van der Waals surface area contributed by atoms with Gasteiger partial charge in [-0.3, -0.25) is 0 Å². The van der Waals surface area contributed by atoms with Crippen molar-refractivity contribution in [1.82, 2.24) is 0 Å². The molecule has 2 saturated carbocycles. The van der Waals surface area contributed by atoms with Crippen molar-refractivity contribution in [1.29, 1.82) is 0 Å². The standard InChI is InChI=1S/C10H19BN2/c11-10(13)4-3-9(7-10)2-1-8(5-9)6-12/h8H,1-7,12-13H2. The van der Waals surface area contributed by atoms with Gasteiger partial charge >= 0.3 is 0 Å². The molecule has 72 valence electrons. The fraction of sp³-hybridized carbons (Fsp3) is 1.00. The van der Waals surface area contributed by atoms with E-state index in [1.54, 1.807) is 0 Å². The van der Waals surface area contributed by atoms with E-state index in [4.69, 9.17) is 19.3 Å². The highest BCUT2D eigenvalue weighted by atomic mass is 14.7. The molecule has 2 aliphatic carbocycles. The van der Waals surface area contributed by atoms with Gasteiger partial charge in [0.15, 0.2) is 0 Å². The molecule has 0 aromatic rings. The van der Waals surface area contributed by atoms with E-state index in [-0.39, 0.29) is 5.44 Å². The Hall–Kier alpha value is -0.0151. The highest BCUT2D eigenvalue weighted by Gasteiger charge is 2.46. The molecule has 0 aromatic heterocycles. The maximum atomic E-state index is 5.97. The second-order valence-electron chi connectivity index (χ2n) is 5.25. The van der Waals surface area contributed by atoms with Crippen molar-refractivity contribution in [2.24, 2.45) is 22.8 Å². The molecule has 3 atom stereocenters. The Morgan fingerprint density at radius 2 is 2.08 bits per heavy atom. The fourth-order valence-corrected chi connectivity index (χ4v) is 3.29. The van der Waals surface area contributed by atoms with Crippen LogP contribution in [-0.4, -0.2) is 19.8 Å². The Balaban J connectivity index is 2.01. The maximum absolute atomic E-state index is 5.97. The van der Waals surface area contributed by atoms with Crippen LogP contribution in [0.3, 0.4) is 0 Å². The topological polar surface area (TPSA) is 52.0 Å². The van der Waals surface area contributed by atoms with E-state index in [1.807, 2.05) is 0 Å². The van der Waals surface area contributed by atoms with Gasteiger partial charge in [0.2, 0.25) is 0 Å². The van der Waals surface area contributed by atoms with Gasteiger partial charge in [-0.05, 0) is 61.8 Å². The third-order valence-corrected chi connectivity index (χ3v) is 3.96. The molecule has 2 aliphatic rings. The number of nitrogens with two attached hydrogens (primary N) is 2. The lowest BCUT2D eigenvalue weighted by Gasteiger charge is -2.26. The first-order valence-electron chi connectivity index (χ1n) is 5.33. The number of hydrogen-bond acceptors (Lipinski definition) is 2. The summed E-state index contributed by atoms with van der Waals surface area (Å²) in [6.45, 7) is 0.837. The minimum absolute atomic E-state index is 0.385. The molecule has 2 rings (SSSR count). The third-order valence-electron chi connectivity index (χ3n) is 3.96. The molecule has 0 heterocycles. The Kier molecular flexibility index (Phi) is 2.19. The zero-order valence-electron chi connectivity index (χ0n) is 8.26. The molecule has 1 spiro atoms. The first-order chi connectivity index (χ1) is 6.05. The molecule has 2 radical (unpaired) electrons. The van der Waals surface area contributed by atoms with E-state index in [0.29, 0.717) is 5.41 Å². The first-order valence-corrected chi connectivity index (χ1v) is 5.33. The van der Waals surface area contributed by atoms with Gasteiger partial charge in [-0.15, -0.1) is 0 Å². The zero-order valence-corrected chi connectivity index (χ0v) is 8.26. The zero-order chi connectivity index (χ0) is 9.53. The lowest BCUT2D eigenvalue weighted by atomic mass is 9.73. The Bertz CT molecular complexity index is 205. The quantitative estimate of drug-likeness (QED) is 0.582. The van der Waals surface area contributed by atoms with Gasteiger partial charge in [0.1, 0.15) is 0 Å². The monoisotopic (exact) mass is 178 g/mol. The van der Waals surface area contributed by atoms with Crippen LogP contribution in [0.2, 0.25) is 0 Å². The van der Waals surface area contributed by atoms with Crippen molar-refractivity contribution in [2.75, 3.05) is 6.54 Å². The third kappa shape index (κ3) is 1.77. The van der Waals surface area contributed by atoms with Gasteiger partial charge in [-0.25, -0.2) is 0 Å². The molecule has 3 heteroatoms. The van der Waals surface area contributed by atoms with Crippen LogP contribution in [0.15, 0.2) is 0 Å². The van der Waals surface area contributed by atoms with Crippen LogP contribution in [0.25, 0.3) is 0 Å². The second-order valence-corrected chi connectivity index (χ2v) is 5.25. The lowest BCUT2D eigenvalue weighted by Crippen LogP contribution is -2.38. The molecule has 2 nitrogen and oxygen atoms in total. The smallest absolute Gasteiger partial charge is 0.0950 e. The molecular weight excluding hydrogens is 159 g/mol. The van der Waals surface area contributed by atoms with Crippen LogP contribution in [0.5, 0.6) is 0 Å². The normalized spacial score (nSPS) is 50.5. The SMILES string of the molecule is [B]C1(N)CCC2(CCC(CN)C2)C1. The molecule has 4 N–H and O–H groups in total. The van der Waals surface area contributed by atoms with E-state index in [9.17, 15) is 0 Å². The largest absolute Gasteiger partial charge is 0.333 e. The summed E-state index contributed by atoms with van der Waals surface area (Å²) in [7, 11) is 5.97. The van der Waals surface area contributed by atoms with Crippen LogP contribution < -0.4 is 11.5 Å². The van der Waals surface area contributed by atoms with Crippen molar-refractivity contribution < 1.29 is 0 Å². The van der Waals surface area contributed by atoms with Gasteiger partial charge in [0.05, 0.1) is 7.85 Å². The Morgan fingerprint density at radius 3 is 2.54 bits per heavy atom. The van der Waals surface area contributed by atoms with Gasteiger partial charge in [-0.2, -0.15) is 0 Å². The summed E-state index contributed by atoms with van der Waals surface area (Å²) in [4.78, 5) is 0. The predicted octanol–water partition coefficient (Wildman–Crippen LogP) is 0.739. The van der Waals surface area contributed by atoms with Crippen molar-refractivity contribution >= 4 is 7.85 Å². The maximum Gasteiger partial charge on any atom is 0.0950 e. The van der Waals surface area contributed by atoms with Gasteiger partial charge in [0, 0.05) is 0 Å². The molecular formula is C10H19BN2. The minimum atomic E-state index is -0.385. The second kappa shape index (κ2) is 2.99. The average molecular weight is 178 g/mol. The summed E-state index contributed by atoms with van der Waals surface area (Å²) in [6.07, 6.45) is 7.06. The molecule has 13 heavy (non-hydrogen) atoms. The number of rotatable bonds is 1. The summed E-state index contributed by atoms with van der Waals surface area (Å²) in [6, 6.07) is 0. The molecule has 2 fully saturated rings. The summed E-state index contributed by atoms with van der Waals surface area (Å²) in [5.41, 5.74) is 11.7. The van der Waals surface area contributed by atoms with E-state index in [2.05, 4.69) is 0 Å². The van der Waals surface area contributed by atoms with E-state index < -0.39 is 0 Å². The van der Waals surface area contributed by atoms with Crippen LogP contribution >= 0.6 is 0 Å². The van der Waals surface area contributed by atoms with Crippen LogP contribution in [0.1, 0.15) is 38.5 Å². The van der Waals surface area contributed by atoms with Crippen molar-refractivity contribution in [2.45, 2.75) is 44.0 Å². The van der Waals surface area contributed by atoms with Crippen molar-refractivity contribution in [3.05, 3.63) is 0 Å². The van der Waals surface area contributed by atoms with E-state index >= 15 is 0 Å². The van der Waals surface area contributed by atoms with Crippen LogP contribution in [0, 0.1) is 11.3 Å². The summed E-state index contributed by atoms with van der Waals surface area (Å²) < 4.78 is 0. The van der Waals surface area contributed by atoms with Crippen LogP contribution in [-0.2, 0) is 0 Å². The molecule has 0 bridgehead atoms. The summed E-state index contributed by atoms with van der Waals surface area (Å²) >= 11 is 0. The molecule has 3 unspecified atom stereocenters. The molecule has 0 amide bonds. The van der Waals surface area contributed by atoms with Gasteiger partial charge < -0.3 is 11.5 Å². The average Bonchev–Trinajstić information content (AvgIpc) is 2.57. The van der Waals surface area contributed by atoms with Crippen molar-refractivity contribution in [3.63, 3.8) is 0 Å². The molecule has 0 saturated heterocycles. The molecule has 0 aliphatic heterocycles. The highest BCUT2D eigenvalue weighted by molar-refractivity contribution is 6.15. The lowest BCUT2D eigenvalue weighted by molar-refractivity contribution is 0.287. The predicted molar refractivity (Wildman–Crippen MR) is 55.4 cm³/mol. The van der Waals surface area contributed by atoms with Crippen LogP contribution in [0.4, 0.5) is 0 Å². The van der Waals surface area contributed by atoms with Crippen molar-refractivity contribution in [3.8, 4) is 0 Å². The van der Waals surface area contributed by atoms with E-state index in [0.717, 1.165) is 25.3 Å². The Morgan fingerprint density at radius 1 is 1.31 bits per heavy atom. The highest BCUT2D eigenvalue weighted by Crippen LogP contribution is 2.54. The van der Waals surface area contributed by atoms with Gasteiger partial charge in [-0.1, -0.05) is 0 Å². The van der Waals surface area contributed by atoms with E-state index in [1.165, 1.54) is 25.7 Å². The first kappa shape index (κ1) is 9.54. The Labute approximate surface area is 81.8 Å². The summed E-state index contributed by atoms with van der Waals surface area (Å²) in [5, 5.41) is 0.